The third-order valence-electron chi connectivity index (χ3n) is 0.749. The van der Waals surface area contributed by atoms with E-state index >= 15 is 0 Å². The first kappa shape index (κ1) is 7.68. The topological polar surface area (TPSA) is 28.0 Å². The van der Waals surface area contributed by atoms with Crippen molar-refractivity contribution in [2.45, 2.75) is 5.38 Å². The summed E-state index contributed by atoms with van der Waals surface area (Å²) < 4.78 is 24.6. The van der Waals surface area contributed by atoms with Crippen molar-refractivity contribution < 1.29 is 8.87 Å². The Labute approximate surface area is 64.9 Å². The number of alkyl halides is 2. The number of halogens is 4. The standard InChI is InChI=1S/C3HCl2F2N3/c4-2-8-1-10(7)3(5,6)9-2/h1H. The highest BCUT2D eigenvalue weighted by atomic mass is 35.5. The van der Waals surface area contributed by atoms with Crippen molar-refractivity contribution in [2.24, 2.45) is 9.98 Å². The highest BCUT2D eigenvalue weighted by Gasteiger charge is 2.36. The molecule has 0 saturated carbocycles. The van der Waals surface area contributed by atoms with Gasteiger partial charge < -0.3 is 0 Å². The predicted octanol–water partition coefficient (Wildman–Crippen LogP) is 1.63. The molecule has 1 unspecified atom stereocenters. The first-order valence-corrected chi connectivity index (χ1v) is 2.90. The van der Waals surface area contributed by atoms with Crippen LogP contribution in [0, 0.1) is 0 Å². The Morgan fingerprint density at radius 1 is 1.70 bits per heavy atom. The highest BCUT2D eigenvalue weighted by molar-refractivity contribution is 6.65. The fourth-order valence-electron chi connectivity index (χ4n) is 0.355. The van der Waals surface area contributed by atoms with E-state index in [0.29, 0.717) is 6.34 Å². The van der Waals surface area contributed by atoms with Crippen molar-refractivity contribution >= 4 is 34.8 Å². The van der Waals surface area contributed by atoms with Crippen molar-refractivity contribution in [1.82, 2.24) is 5.12 Å². The van der Waals surface area contributed by atoms with Gasteiger partial charge in [0.1, 0.15) is 6.34 Å². The highest BCUT2D eigenvalue weighted by Crippen LogP contribution is 2.26. The Morgan fingerprint density at radius 3 is 2.70 bits per heavy atom. The lowest BCUT2D eigenvalue weighted by Crippen LogP contribution is -2.34. The van der Waals surface area contributed by atoms with Gasteiger partial charge in [-0.2, -0.15) is 9.38 Å². The van der Waals surface area contributed by atoms with E-state index in [1.807, 2.05) is 0 Å². The van der Waals surface area contributed by atoms with Crippen LogP contribution in [0.25, 0.3) is 0 Å². The molecule has 0 aromatic heterocycles. The maximum Gasteiger partial charge on any atom is 0.388 e. The zero-order valence-corrected chi connectivity index (χ0v) is 5.94. The summed E-state index contributed by atoms with van der Waals surface area (Å²) in [6, 6.07) is 0. The average molecular weight is 188 g/mol. The van der Waals surface area contributed by atoms with Gasteiger partial charge in [0.15, 0.2) is 0 Å². The third-order valence-corrected chi connectivity index (χ3v) is 1.18. The lowest BCUT2D eigenvalue weighted by molar-refractivity contribution is -0.0296. The molecule has 0 aromatic rings. The molecule has 0 aromatic carbocycles. The first-order chi connectivity index (χ1) is 4.52. The third kappa shape index (κ3) is 1.35. The Morgan fingerprint density at radius 2 is 2.30 bits per heavy atom. The lowest BCUT2D eigenvalue weighted by atomic mass is 10.8. The molecule has 1 heterocycles. The molecule has 56 valence electrons. The molecule has 0 N–H and O–H groups in total. The second kappa shape index (κ2) is 2.32. The van der Waals surface area contributed by atoms with Gasteiger partial charge in [0.2, 0.25) is 5.29 Å². The summed E-state index contributed by atoms with van der Waals surface area (Å²) in [4.78, 5) is 5.95. The number of aliphatic imine (C=N–C) groups is 2. The molecule has 0 saturated heterocycles. The molecule has 0 fully saturated rings. The van der Waals surface area contributed by atoms with Crippen LogP contribution in [0.15, 0.2) is 9.98 Å². The summed E-state index contributed by atoms with van der Waals surface area (Å²) in [7, 11) is 0. The number of nitrogens with zero attached hydrogens (tertiary/aromatic N) is 3. The lowest BCUT2D eigenvalue weighted by Gasteiger charge is -2.19. The van der Waals surface area contributed by atoms with Crippen LogP contribution in [-0.2, 0) is 0 Å². The van der Waals surface area contributed by atoms with Crippen molar-refractivity contribution in [2.75, 3.05) is 0 Å². The quantitative estimate of drug-likeness (QED) is 0.322. The molecule has 0 radical (unpaired) electrons. The summed E-state index contributed by atoms with van der Waals surface area (Å²) in [6.45, 7) is 0. The predicted molar refractivity (Wildman–Crippen MR) is 34.4 cm³/mol. The largest absolute Gasteiger partial charge is 0.388 e. The minimum absolute atomic E-state index is 0.425. The van der Waals surface area contributed by atoms with Gasteiger partial charge in [-0.15, -0.1) is 5.12 Å². The first-order valence-electron chi connectivity index (χ1n) is 2.15. The normalized spacial score (nSPS) is 32.4. The van der Waals surface area contributed by atoms with Crippen LogP contribution in [-0.4, -0.2) is 22.1 Å². The van der Waals surface area contributed by atoms with Crippen LogP contribution in [0.5, 0.6) is 0 Å². The monoisotopic (exact) mass is 187 g/mol. The van der Waals surface area contributed by atoms with E-state index in [1.165, 1.54) is 0 Å². The number of amidine groups is 1. The van der Waals surface area contributed by atoms with E-state index in [2.05, 4.69) is 9.98 Å². The zero-order chi connectivity index (χ0) is 7.78. The van der Waals surface area contributed by atoms with Crippen LogP contribution in [0.3, 0.4) is 0 Å². The number of hydrogen-bond donors (Lipinski definition) is 0. The van der Waals surface area contributed by atoms with Crippen molar-refractivity contribution in [1.29, 1.82) is 0 Å². The van der Waals surface area contributed by atoms with Crippen LogP contribution >= 0.6 is 23.2 Å². The minimum atomic E-state index is -2.95. The fourth-order valence-corrected chi connectivity index (χ4v) is 0.678. The summed E-state index contributed by atoms with van der Waals surface area (Å²) in [5.41, 5.74) is 0. The van der Waals surface area contributed by atoms with Crippen molar-refractivity contribution in [3.05, 3.63) is 0 Å². The Balaban J connectivity index is 2.88. The molecule has 3 nitrogen and oxygen atoms in total. The van der Waals surface area contributed by atoms with Gasteiger partial charge in [0.25, 0.3) is 0 Å². The Bertz CT molecular complexity index is 202. The van der Waals surface area contributed by atoms with Crippen LogP contribution in [0.1, 0.15) is 0 Å². The molecule has 1 atom stereocenters. The average Bonchev–Trinajstić information content (AvgIpc) is 1.78. The van der Waals surface area contributed by atoms with E-state index in [1.54, 1.807) is 0 Å². The minimum Gasteiger partial charge on any atom is -0.206 e. The fraction of sp³-hybridized carbons (Fsp3) is 0.333. The Hall–Kier alpha value is -0.420. The maximum atomic E-state index is 12.5. The van der Waals surface area contributed by atoms with Gasteiger partial charge in [-0.05, 0) is 23.2 Å². The van der Waals surface area contributed by atoms with E-state index in [-0.39, 0.29) is 0 Å². The molecular formula is C3HCl2F2N3. The van der Waals surface area contributed by atoms with Crippen LogP contribution in [0.2, 0.25) is 0 Å². The summed E-state index contributed by atoms with van der Waals surface area (Å²) >= 11 is 9.94. The van der Waals surface area contributed by atoms with Gasteiger partial charge in [-0.3, -0.25) is 0 Å². The molecule has 0 spiro atoms. The summed E-state index contributed by atoms with van der Waals surface area (Å²) in [6.07, 6.45) is 0.502. The molecule has 1 aliphatic heterocycles. The van der Waals surface area contributed by atoms with Crippen LogP contribution < -0.4 is 0 Å². The smallest absolute Gasteiger partial charge is 0.206 e. The van der Waals surface area contributed by atoms with Crippen LogP contribution in [0.4, 0.5) is 8.87 Å². The summed E-state index contributed by atoms with van der Waals surface area (Å²) in [5, 5.41) is -3.87. The van der Waals surface area contributed by atoms with Gasteiger partial charge in [-0.25, -0.2) is 4.99 Å². The second-order valence-electron chi connectivity index (χ2n) is 1.45. The molecule has 0 amide bonds. The number of hydrogen-bond acceptors (Lipinski definition) is 3. The second-order valence-corrected chi connectivity index (χ2v) is 2.27. The summed E-state index contributed by atoms with van der Waals surface area (Å²) in [5.74, 6) is 0. The molecule has 0 aliphatic carbocycles. The molecule has 0 bridgehead atoms. The molecule has 10 heavy (non-hydrogen) atoms. The maximum absolute atomic E-state index is 12.5. The van der Waals surface area contributed by atoms with Crippen molar-refractivity contribution in [3.63, 3.8) is 0 Å². The molecule has 1 rings (SSSR count). The van der Waals surface area contributed by atoms with Gasteiger partial charge in [0, 0.05) is 0 Å². The SMILES string of the molecule is FN1C=NC(Cl)=NC1(F)Cl. The molecular weight excluding hydrogens is 187 g/mol. The zero-order valence-electron chi connectivity index (χ0n) is 4.43. The van der Waals surface area contributed by atoms with E-state index in [9.17, 15) is 8.87 Å². The van der Waals surface area contributed by atoms with Gasteiger partial charge in [0.05, 0.1) is 0 Å². The number of rotatable bonds is 0. The van der Waals surface area contributed by atoms with Gasteiger partial charge >= 0.3 is 5.38 Å². The van der Waals surface area contributed by atoms with Crippen molar-refractivity contribution in [3.8, 4) is 0 Å². The molecule has 1 aliphatic rings. The van der Waals surface area contributed by atoms with Gasteiger partial charge in [-0.1, -0.05) is 4.48 Å². The van der Waals surface area contributed by atoms with E-state index in [4.69, 9.17) is 23.2 Å². The van der Waals surface area contributed by atoms with E-state index < -0.39 is 15.8 Å². The van der Waals surface area contributed by atoms with E-state index in [0.717, 1.165) is 0 Å². The Kier molecular flexibility index (Phi) is 1.78. The molecule has 7 heteroatoms.